The maximum atomic E-state index is 13.7. The maximum Gasteiger partial charge on any atom is 0.334 e. The number of benzene rings is 3. The van der Waals surface area contributed by atoms with E-state index in [1.165, 1.54) is 29.3 Å². The molecule has 2 unspecified atom stereocenters. The van der Waals surface area contributed by atoms with Crippen molar-refractivity contribution in [3.8, 4) is 0 Å². The molecular formula is C29H23FN4O6S2. The van der Waals surface area contributed by atoms with E-state index in [0.717, 1.165) is 32.9 Å². The number of hydrogen-bond acceptors (Lipinski definition) is 9. The van der Waals surface area contributed by atoms with Gasteiger partial charge in [0.05, 0.1) is 29.6 Å². The molecule has 6 rings (SSSR count). The summed E-state index contributed by atoms with van der Waals surface area (Å²) in [4.78, 5) is 71.9. The minimum atomic E-state index is -0.948. The summed E-state index contributed by atoms with van der Waals surface area (Å²) < 4.78 is 13.7. The summed E-state index contributed by atoms with van der Waals surface area (Å²) in [6.07, 6.45) is -0.521. The van der Waals surface area contributed by atoms with Gasteiger partial charge in [-0.1, -0.05) is 48.2 Å². The van der Waals surface area contributed by atoms with Gasteiger partial charge in [-0.25, -0.2) is 14.6 Å². The van der Waals surface area contributed by atoms with Crippen LogP contribution in [0.2, 0.25) is 0 Å². The lowest BCUT2D eigenvalue weighted by molar-refractivity contribution is -0.197. The normalized spacial score (nSPS) is 19.6. The standard InChI is InChI=1S/C29H23FN4O6S2/c30-18-11-9-17(10-12-18)29-33(28(39)23(42-29)15-27(38)40-34-24(35)13-14-25(34)36)31-16-26(37)32-19-5-1-3-7-21(19)41-22-8-4-2-6-20(22)32/h1-12,23,29,31H,13-16H2. The van der Waals surface area contributed by atoms with Gasteiger partial charge in [-0.2, -0.15) is 0 Å². The van der Waals surface area contributed by atoms with E-state index < -0.39 is 46.6 Å². The first-order chi connectivity index (χ1) is 20.3. The minimum absolute atomic E-state index is 0.0494. The van der Waals surface area contributed by atoms with E-state index in [0.29, 0.717) is 10.6 Å². The first-order valence-electron chi connectivity index (χ1n) is 13.0. The zero-order chi connectivity index (χ0) is 29.4. The van der Waals surface area contributed by atoms with Crippen LogP contribution in [0.4, 0.5) is 15.8 Å². The largest absolute Gasteiger partial charge is 0.334 e. The highest BCUT2D eigenvalue weighted by Gasteiger charge is 2.44. The number of nitrogens with zero attached hydrogens (tertiary/aromatic N) is 3. The van der Waals surface area contributed by atoms with Gasteiger partial charge in [0.25, 0.3) is 17.7 Å². The topological polar surface area (TPSA) is 116 Å². The fourth-order valence-electron chi connectivity index (χ4n) is 4.85. The number of para-hydroxylation sites is 2. The molecule has 3 heterocycles. The van der Waals surface area contributed by atoms with Crippen LogP contribution in [0, 0.1) is 5.82 Å². The van der Waals surface area contributed by atoms with Crippen molar-refractivity contribution >= 4 is 64.5 Å². The highest BCUT2D eigenvalue weighted by molar-refractivity contribution is 8.01. The number of thioether (sulfide) groups is 1. The number of hydrazine groups is 1. The van der Waals surface area contributed by atoms with Crippen molar-refractivity contribution in [1.82, 2.24) is 15.5 Å². The monoisotopic (exact) mass is 606 g/mol. The fraction of sp³-hybridized carbons (Fsp3) is 0.207. The molecule has 3 aliphatic heterocycles. The number of amides is 4. The molecule has 3 aliphatic rings. The molecule has 2 fully saturated rings. The molecule has 0 spiro atoms. The fourth-order valence-corrected chi connectivity index (χ4v) is 7.30. The number of anilines is 2. The molecule has 2 saturated heterocycles. The maximum absolute atomic E-state index is 13.7. The Kier molecular flexibility index (Phi) is 7.71. The van der Waals surface area contributed by atoms with Crippen LogP contribution < -0.4 is 10.3 Å². The van der Waals surface area contributed by atoms with Crippen molar-refractivity contribution in [2.24, 2.45) is 0 Å². The Morgan fingerprint density at radius 3 is 2.10 bits per heavy atom. The lowest BCUT2D eigenvalue weighted by atomic mass is 10.2. The quantitative estimate of drug-likeness (QED) is 0.397. The van der Waals surface area contributed by atoms with Gasteiger partial charge < -0.3 is 4.84 Å². The first kappa shape index (κ1) is 27.9. The van der Waals surface area contributed by atoms with Gasteiger partial charge in [0, 0.05) is 22.6 Å². The SMILES string of the molecule is O=C(CC1SC(c2ccc(F)cc2)N(NCC(=O)N2c3ccccc3Sc3ccccc32)C1=O)ON1C(=O)CCC1=O. The van der Waals surface area contributed by atoms with Crippen LogP contribution in [0.15, 0.2) is 82.6 Å². The second kappa shape index (κ2) is 11.6. The van der Waals surface area contributed by atoms with Crippen LogP contribution in [0.5, 0.6) is 0 Å². The number of imide groups is 1. The van der Waals surface area contributed by atoms with E-state index in [-0.39, 0.29) is 25.3 Å². The van der Waals surface area contributed by atoms with Gasteiger partial charge in [-0.3, -0.25) is 29.1 Å². The molecule has 13 heteroatoms. The summed E-state index contributed by atoms with van der Waals surface area (Å²) >= 11 is 2.67. The van der Waals surface area contributed by atoms with Gasteiger partial charge in [0.1, 0.15) is 11.2 Å². The molecule has 3 aromatic carbocycles. The molecule has 0 bridgehead atoms. The van der Waals surface area contributed by atoms with Crippen LogP contribution in [0.3, 0.4) is 0 Å². The Morgan fingerprint density at radius 2 is 1.48 bits per heavy atom. The molecule has 0 aliphatic carbocycles. The van der Waals surface area contributed by atoms with Crippen LogP contribution in [0.25, 0.3) is 0 Å². The number of hydroxylamine groups is 2. The zero-order valence-electron chi connectivity index (χ0n) is 21.9. The summed E-state index contributed by atoms with van der Waals surface area (Å²) in [6, 6.07) is 20.6. The van der Waals surface area contributed by atoms with E-state index in [2.05, 4.69) is 5.43 Å². The van der Waals surface area contributed by atoms with E-state index >= 15 is 0 Å². The number of hydrogen-bond donors (Lipinski definition) is 1. The minimum Gasteiger partial charge on any atom is -0.330 e. The van der Waals surface area contributed by atoms with Gasteiger partial charge in [0.2, 0.25) is 5.91 Å². The van der Waals surface area contributed by atoms with Crippen molar-refractivity contribution in [2.75, 3.05) is 11.4 Å². The molecule has 10 nitrogen and oxygen atoms in total. The molecule has 214 valence electrons. The van der Waals surface area contributed by atoms with E-state index in [1.54, 1.807) is 16.7 Å². The molecule has 4 amide bonds. The Balaban J connectivity index is 1.21. The molecule has 0 aromatic heterocycles. The second-order valence-electron chi connectivity index (χ2n) is 9.59. The third-order valence-corrected chi connectivity index (χ3v) is 9.40. The summed E-state index contributed by atoms with van der Waals surface area (Å²) in [7, 11) is 0. The number of carbonyl (C=O) groups excluding carboxylic acids is 5. The number of halogens is 1. The summed E-state index contributed by atoms with van der Waals surface area (Å²) in [6.45, 7) is -0.259. The Morgan fingerprint density at radius 1 is 0.881 bits per heavy atom. The average Bonchev–Trinajstić information content (AvgIpc) is 3.47. The van der Waals surface area contributed by atoms with Crippen LogP contribution in [0.1, 0.15) is 30.2 Å². The second-order valence-corrected chi connectivity index (χ2v) is 12.0. The highest BCUT2D eigenvalue weighted by Crippen LogP contribution is 2.48. The van der Waals surface area contributed by atoms with Gasteiger partial charge >= 0.3 is 5.97 Å². The van der Waals surface area contributed by atoms with Crippen molar-refractivity contribution < 1.29 is 33.2 Å². The molecule has 3 aromatic rings. The van der Waals surface area contributed by atoms with Crippen molar-refractivity contribution in [2.45, 2.75) is 39.7 Å². The lowest BCUT2D eigenvalue weighted by Crippen LogP contribution is -2.47. The van der Waals surface area contributed by atoms with Crippen LogP contribution in [-0.4, -0.2) is 51.5 Å². The number of rotatable bonds is 7. The van der Waals surface area contributed by atoms with Crippen molar-refractivity contribution in [1.29, 1.82) is 0 Å². The third-order valence-electron chi connectivity index (χ3n) is 6.83. The summed E-state index contributed by atoms with van der Waals surface area (Å²) in [5.74, 6) is -3.44. The molecular weight excluding hydrogens is 583 g/mol. The van der Waals surface area contributed by atoms with Crippen LogP contribution in [-0.2, 0) is 28.8 Å². The summed E-state index contributed by atoms with van der Waals surface area (Å²) in [5.41, 5.74) is 4.95. The van der Waals surface area contributed by atoms with Crippen molar-refractivity contribution in [3.05, 3.63) is 84.2 Å². The Labute approximate surface area is 248 Å². The van der Waals surface area contributed by atoms with Gasteiger partial charge in [-0.15, -0.1) is 16.8 Å². The summed E-state index contributed by atoms with van der Waals surface area (Å²) in [5, 5.41) is 0.0488. The molecule has 1 N–H and O–H groups in total. The number of nitrogens with one attached hydrogen (secondary N) is 1. The van der Waals surface area contributed by atoms with E-state index in [4.69, 9.17) is 4.84 Å². The predicted octanol–water partition coefficient (Wildman–Crippen LogP) is 4.10. The first-order valence-corrected chi connectivity index (χ1v) is 14.8. The number of fused-ring (bicyclic) bond motifs is 2. The number of carbonyl (C=O) groups is 5. The molecule has 0 radical (unpaired) electrons. The highest BCUT2D eigenvalue weighted by atomic mass is 32.2. The predicted molar refractivity (Wildman–Crippen MR) is 151 cm³/mol. The van der Waals surface area contributed by atoms with Gasteiger partial charge in [-0.05, 0) is 42.0 Å². The molecule has 2 atom stereocenters. The van der Waals surface area contributed by atoms with E-state index in [1.807, 2.05) is 48.5 Å². The smallest absolute Gasteiger partial charge is 0.330 e. The molecule has 42 heavy (non-hydrogen) atoms. The molecule has 0 saturated carbocycles. The lowest BCUT2D eigenvalue weighted by Gasteiger charge is -2.32. The van der Waals surface area contributed by atoms with Gasteiger partial charge in [0.15, 0.2) is 0 Å². The Hall–Kier alpha value is -4.20. The van der Waals surface area contributed by atoms with Crippen LogP contribution >= 0.6 is 23.5 Å². The Bertz CT molecular complexity index is 1540. The van der Waals surface area contributed by atoms with E-state index in [9.17, 15) is 28.4 Å². The third kappa shape index (κ3) is 5.38. The average molecular weight is 607 g/mol. The zero-order valence-corrected chi connectivity index (χ0v) is 23.5. The van der Waals surface area contributed by atoms with Crippen molar-refractivity contribution in [3.63, 3.8) is 0 Å².